The van der Waals surface area contributed by atoms with Crippen LogP contribution in [-0.2, 0) is 9.53 Å². The summed E-state index contributed by atoms with van der Waals surface area (Å²) in [5.41, 5.74) is 0. The number of benzene rings is 2. The average molecular weight is 329 g/mol. The van der Waals surface area contributed by atoms with Crippen molar-refractivity contribution < 1.29 is 14.3 Å². The maximum Gasteiger partial charge on any atom is 0.261 e. The molecule has 1 atom stereocenters. The summed E-state index contributed by atoms with van der Waals surface area (Å²) in [5.74, 6) is 0.674. The first-order valence-electron chi connectivity index (χ1n) is 8.65. The van der Waals surface area contributed by atoms with E-state index in [9.17, 15) is 4.79 Å². The first-order valence-corrected chi connectivity index (χ1v) is 8.65. The van der Waals surface area contributed by atoms with Crippen LogP contribution in [0.2, 0.25) is 0 Å². The minimum absolute atomic E-state index is 0.0741. The van der Waals surface area contributed by atoms with Crippen molar-refractivity contribution in [2.75, 3.05) is 13.2 Å². The van der Waals surface area contributed by atoms with E-state index in [0.29, 0.717) is 19.6 Å². The third-order valence-corrected chi connectivity index (χ3v) is 3.75. The fraction of sp³-hybridized carbons (Fsp3) is 0.450. The minimum Gasteiger partial charge on any atom is -0.480 e. The Hall–Kier alpha value is -2.07. The molecule has 0 unspecified atom stereocenters. The first kappa shape index (κ1) is 18.3. The molecule has 1 N–H and O–H groups in total. The third kappa shape index (κ3) is 5.24. The molecule has 2 rings (SSSR count). The largest absolute Gasteiger partial charge is 0.480 e. The Morgan fingerprint density at radius 3 is 2.62 bits per heavy atom. The summed E-state index contributed by atoms with van der Waals surface area (Å²) in [4.78, 5) is 12.3. The number of ether oxygens (including phenoxy) is 2. The van der Waals surface area contributed by atoms with Gasteiger partial charge in [0.05, 0.1) is 6.10 Å². The van der Waals surface area contributed by atoms with Gasteiger partial charge in [-0.1, -0.05) is 43.3 Å². The van der Waals surface area contributed by atoms with E-state index in [-0.39, 0.29) is 12.0 Å². The molecule has 0 heterocycles. The van der Waals surface area contributed by atoms with Gasteiger partial charge in [-0.25, -0.2) is 0 Å². The Labute approximate surface area is 144 Å². The van der Waals surface area contributed by atoms with Crippen LogP contribution in [0.3, 0.4) is 0 Å². The molecular formula is C20H27NO3. The van der Waals surface area contributed by atoms with Crippen LogP contribution in [0.4, 0.5) is 0 Å². The molecular weight excluding hydrogens is 302 g/mol. The molecule has 0 aromatic heterocycles. The molecule has 0 aliphatic rings. The van der Waals surface area contributed by atoms with Crippen LogP contribution < -0.4 is 10.1 Å². The highest BCUT2D eigenvalue weighted by Crippen LogP contribution is 2.26. The number of carbonyl (C=O) groups excluding carboxylic acids is 1. The SMILES string of the molecule is CC[C@H](Oc1cccc2ccccc12)C(=O)NCCCOC(C)C. The molecule has 0 saturated carbocycles. The molecule has 0 spiro atoms. The lowest BCUT2D eigenvalue weighted by molar-refractivity contribution is -0.128. The van der Waals surface area contributed by atoms with Crippen molar-refractivity contribution in [1.82, 2.24) is 5.32 Å². The van der Waals surface area contributed by atoms with E-state index >= 15 is 0 Å². The topological polar surface area (TPSA) is 47.6 Å². The maximum atomic E-state index is 12.3. The van der Waals surface area contributed by atoms with Gasteiger partial charge in [0, 0.05) is 18.5 Å². The molecule has 24 heavy (non-hydrogen) atoms. The molecule has 1 amide bonds. The summed E-state index contributed by atoms with van der Waals surface area (Å²) >= 11 is 0. The van der Waals surface area contributed by atoms with Crippen LogP contribution in [0.5, 0.6) is 5.75 Å². The number of rotatable bonds is 9. The fourth-order valence-corrected chi connectivity index (χ4v) is 2.49. The second-order valence-corrected chi connectivity index (χ2v) is 6.06. The van der Waals surface area contributed by atoms with Crippen molar-refractivity contribution in [3.63, 3.8) is 0 Å². The van der Waals surface area contributed by atoms with Gasteiger partial charge in [-0.2, -0.15) is 0 Å². The highest BCUT2D eigenvalue weighted by molar-refractivity contribution is 5.89. The number of nitrogens with one attached hydrogen (secondary N) is 1. The Kier molecular flexibility index (Phi) is 7.07. The summed E-state index contributed by atoms with van der Waals surface area (Å²) in [6.45, 7) is 7.21. The first-order chi connectivity index (χ1) is 11.6. The lowest BCUT2D eigenvalue weighted by Crippen LogP contribution is -2.38. The van der Waals surface area contributed by atoms with Crippen LogP contribution in [0.15, 0.2) is 42.5 Å². The molecule has 0 aliphatic carbocycles. The van der Waals surface area contributed by atoms with E-state index < -0.39 is 6.10 Å². The Balaban J connectivity index is 1.92. The van der Waals surface area contributed by atoms with Gasteiger partial charge in [-0.15, -0.1) is 0 Å². The van der Waals surface area contributed by atoms with Crippen molar-refractivity contribution in [2.45, 2.75) is 45.8 Å². The molecule has 4 heteroatoms. The zero-order valence-electron chi connectivity index (χ0n) is 14.7. The predicted octanol–water partition coefficient (Wildman–Crippen LogP) is 3.93. The molecule has 0 radical (unpaired) electrons. The maximum absolute atomic E-state index is 12.3. The third-order valence-electron chi connectivity index (χ3n) is 3.75. The summed E-state index contributed by atoms with van der Waals surface area (Å²) < 4.78 is 11.5. The van der Waals surface area contributed by atoms with Crippen LogP contribution in [0.25, 0.3) is 10.8 Å². The van der Waals surface area contributed by atoms with E-state index in [4.69, 9.17) is 9.47 Å². The summed E-state index contributed by atoms with van der Waals surface area (Å²) in [6.07, 6.45) is 1.16. The van der Waals surface area contributed by atoms with Gasteiger partial charge in [-0.05, 0) is 38.1 Å². The Morgan fingerprint density at radius 1 is 1.12 bits per heavy atom. The van der Waals surface area contributed by atoms with Gasteiger partial charge < -0.3 is 14.8 Å². The molecule has 0 aliphatic heterocycles. The van der Waals surface area contributed by atoms with Crippen LogP contribution in [-0.4, -0.2) is 31.3 Å². The minimum atomic E-state index is -0.484. The zero-order chi connectivity index (χ0) is 17.4. The van der Waals surface area contributed by atoms with Crippen LogP contribution >= 0.6 is 0 Å². The standard InChI is InChI=1S/C20H27NO3/c1-4-18(20(22)21-13-8-14-23-15(2)3)24-19-12-7-10-16-9-5-6-11-17(16)19/h5-7,9-12,15,18H,4,8,13-14H2,1-3H3,(H,21,22)/t18-/m0/s1. The number of carbonyl (C=O) groups is 1. The molecule has 2 aromatic carbocycles. The molecule has 2 aromatic rings. The molecule has 0 saturated heterocycles. The monoisotopic (exact) mass is 329 g/mol. The lowest BCUT2D eigenvalue weighted by atomic mass is 10.1. The van der Waals surface area contributed by atoms with Gasteiger partial charge >= 0.3 is 0 Å². The van der Waals surface area contributed by atoms with Gasteiger partial charge in [0.2, 0.25) is 0 Å². The molecule has 0 bridgehead atoms. The highest BCUT2D eigenvalue weighted by Gasteiger charge is 2.18. The predicted molar refractivity (Wildman–Crippen MR) is 97.4 cm³/mol. The normalized spacial score (nSPS) is 12.3. The van der Waals surface area contributed by atoms with Crippen molar-refractivity contribution >= 4 is 16.7 Å². The summed E-state index contributed by atoms with van der Waals surface area (Å²) in [6, 6.07) is 13.9. The van der Waals surface area contributed by atoms with E-state index in [1.165, 1.54) is 0 Å². The van der Waals surface area contributed by atoms with E-state index in [1.807, 2.05) is 63.2 Å². The quantitative estimate of drug-likeness (QED) is 0.709. The zero-order valence-corrected chi connectivity index (χ0v) is 14.7. The van der Waals surface area contributed by atoms with Gasteiger partial charge in [-0.3, -0.25) is 4.79 Å². The van der Waals surface area contributed by atoms with Gasteiger partial charge in [0.25, 0.3) is 5.91 Å². The molecule has 4 nitrogen and oxygen atoms in total. The van der Waals surface area contributed by atoms with Crippen LogP contribution in [0.1, 0.15) is 33.6 Å². The smallest absolute Gasteiger partial charge is 0.261 e. The second kappa shape index (κ2) is 9.28. The van der Waals surface area contributed by atoms with Crippen molar-refractivity contribution in [3.05, 3.63) is 42.5 Å². The molecule has 130 valence electrons. The van der Waals surface area contributed by atoms with Crippen molar-refractivity contribution in [1.29, 1.82) is 0 Å². The van der Waals surface area contributed by atoms with Crippen LogP contribution in [0, 0.1) is 0 Å². The summed E-state index contributed by atoms with van der Waals surface area (Å²) in [7, 11) is 0. The Morgan fingerprint density at radius 2 is 1.88 bits per heavy atom. The second-order valence-electron chi connectivity index (χ2n) is 6.06. The van der Waals surface area contributed by atoms with E-state index in [2.05, 4.69) is 5.32 Å². The summed E-state index contributed by atoms with van der Waals surface area (Å²) in [5, 5.41) is 5.06. The van der Waals surface area contributed by atoms with E-state index in [1.54, 1.807) is 0 Å². The lowest BCUT2D eigenvalue weighted by Gasteiger charge is -2.18. The average Bonchev–Trinajstić information content (AvgIpc) is 2.59. The highest BCUT2D eigenvalue weighted by atomic mass is 16.5. The Bertz CT molecular complexity index is 649. The fourth-order valence-electron chi connectivity index (χ4n) is 2.49. The number of hydrogen-bond donors (Lipinski definition) is 1. The van der Waals surface area contributed by atoms with Crippen molar-refractivity contribution in [2.24, 2.45) is 0 Å². The number of hydrogen-bond acceptors (Lipinski definition) is 3. The number of amides is 1. The number of fused-ring (bicyclic) bond motifs is 1. The van der Waals surface area contributed by atoms with E-state index in [0.717, 1.165) is 22.9 Å². The molecule has 0 fully saturated rings. The van der Waals surface area contributed by atoms with Crippen molar-refractivity contribution in [3.8, 4) is 5.75 Å². The van der Waals surface area contributed by atoms with Gasteiger partial charge in [0.1, 0.15) is 5.75 Å². The van der Waals surface area contributed by atoms with Gasteiger partial charge in [0.15, 0.2) is 6.10 Å².